The predicted molar refractivity (Wildman–Crippen MR) is 193 cm³/mol. The third kappa shape index (κ3) is 16.6. The van der Waals surface area contributed by atoms with Crippen molar-refractivity contribution in [1.82, 2.24) is 26.2 Å². The summed E-state index contributed by atoms with van der Waals surface area (Å²) in [6.45, 7) is -2.30. The first-order valence-electron chi connectivity index (χ1n) is 18.7. The normalized spacial score (nSPS) is 27.4. The first-order valence-corrected chi connectivity index (χ1v) is 18.7. The number of carbonyl (C=O) groups excluding carboxylic acids is 4. The Balaban J connectivity index is 1.41. The number of ether oxygens (including phenoxy) is 5. The van der Waals surface area contributed by atoms with E-state index >= 15 is 0 Å². The zero-order chi connectivity index (χ0) is 41.7. The van der Waals surface area contributed by atoms with Crippen LogP contribution < -0.4 is 21.3 Å². The second-order valence-electron chi connectivity index (χ2n) is 13.4. The molecule has 2 saturated heterocycles. The number of unbranched alkanes of at least 4 members (excludes halogenated alkanes) is 2. The van der Waals surface area contributed by atoms with Crippen LogP contribution in [0.2, 0.25) is 0 Å². The highest BCUT2D eigenvalue weighted by Crippen LogP contribution is 2.23. The summed E-state index contributed by atoms with van der Waals surface area (Å²) < 4.78 is 26.4. The molecule has 0 radical (unpaired) electrons. The van der Waals surface area contributed by atoms with Gasteiger partial charge in [0.15, 0.2) is 12.6 Å². The van der Waals surface area contributed by atoms with E-state index in [0.29, 0.717) is 25.8 Å². The zero-order valence-corrected chi connectivity index (χ0v) is 31.5. The van der Waals surface area contributed by atoms with Crippen molar-refractivity contribution in [2.75, 3.05) is 72.2 Å². The van der Waals surface area contributed by atoms with Crippen molar-refractivity contribution < 1.29 is 83.7 Å². The number of aliphatic hydroxyl groups is 8. The SMILES string of the molecule is O=C(CN(CC(=O)NCCO[C@H]1O[C@H](CO)[C@@H](O)[C@H](O)[C@@H]1O)CC(=O)NCCO[C@H]1O[C@H](CO)[C@@H](O)[C@H](O)[C@@H]1O)NCCCCCNC(=O)OCc1ccccc1. The molecule has 0 aliphatic carbocycles. The van der Waals surface area contributed by atoms with Gasteiger partial charge in [0, 0.05) is 26.2 Å². The summed E-state index contributed by atoms with van der Waals surface area (Å²) in [5.74, 6) is -1.68. The Morgan fingerprint density at radius 2 is 1.02 bits per heavy atom. The van der Waals surface area contributed by atoms with Crippen LogP contribution in [0.4, 0.5) is 4.79 Å². The van der Waals surface area contributed by atoms with Crippen LogP contribution in [0.15, 0.2) is 30.3 Å². The van der Waals surface area contributed by atoms with Gasteiger partial charge in [0.2, 0.25) is 17.7 Å². The summed E-state index contributed by atoms with van der Waals surface area (Å²) in [5.41, 5.74) is 0.864. The van der Waals surface area contributed by atoms with Crippen LogP contribution in [0.5, 0.6) is 0 Å². The molecule has 0 unspecified atom stereocenters. The number of carbonyl (C=O) groups is 4. The van der Waals surface area contributed by atoms with E-state index in [2.05, 4.69) is 21.3 Å². The van der Waals surface area contributed by atoms with Gasteiger partial charge in [0.25, 0.3) is 0 Å². The van der Waals surface area contributed by atoms with Gasteiger partial charge in [-0.25, -0.2) is 4.79 Å². The molecule has 2 aliphatic heterocycles. The summed E-state index contributed by atoms with van der Waals surface area (Å²) >= 11 is 0. The van der Waals surface area contributed by atoms with E-state index in [1.54, 1.807) is 0 Å². The van der Waals surface area contributed by atoms with Crippen LogP contribution >= 0.6 is 0 Å². The van der Waals surface area contributed by atoms with E-state index in [4.69, 9.17) is 23.7 Å². The minimum absolute atomic E-state index is 0.116. The quantitative estimate of drug-likeness (QED) is 0.0433. The molecule has 22 nitrogen and oxygen atoms in total. The van der Waals surface area contributed by atoms with E-state index < -0.39 is 112 Å². The third-order valence-corrected chi connectivity index (χ3v) is 8.87. The Bertz CT molecular complexity index is 1290. The molecule has 1 aromatic rings. The van der Waals surface area contributed by atoms with Crippen molar-refractivity contribution in [2.24, 2.45) is 0 Å². The second kappa shape index (κ2) is 25.7. The number of hydrogen-bond acceptors (Lipinski definition) is 18. The topological polar surface area (TPSA) is 328 Å². The Hall–Kier alpha value is -3.62. The van der Waals surface area contributed by atoms with Gasteiger partial charge < -0.3 is 85.8 Å². The number of rotatable bonds is 24. The molecule has 0 saturated carbocycles. The van der Waals surface area contributed by atoms with Crippen molar-refractivity contribution in [1.29, 1.82) is 0 Å². The van der Waals surface area contributed by atoms with Gasteiger partial charge in [-0.2, -0.15) is 0 Å². The monoisotopic (exact) mass is 819 g/mol. The molecule has 2 fully saturated rings. The Morgan fingerprint density at radius 1 is 0.579 bits per heavy atom. The standard InChI is InChI=1S/C35H57N5O17/c41-18-22-27(46)29(48)31(50)33(56-22)53-13-11-37-25(44)16-40(17-26(45)38-12-14-54-34-32(51)30(49)28(47)23(19-42)57-34)15-24(43)36-9-5-2-6-10-39-35(52)55-20-21-7-3-1-4-8-21/h1,3-4,7-8,22-23,27-34,41-42,46-51H,2,5-6,9-20H2,(H,36,43)(H,37,44)(H,38,45)(H,39,52)/t22-,23-,27-,28-,29+,30+,31+,32+,33+,34+/m1/s1. The van der Waals surface area contributed by atoms with Crippen LogP contribution in [0.3, 0.4) is 0 Å². The number of hydrogen-bond donors (Lipinski definition) is 12. The average molecular weight is 820 g/mol. The van der Waals surface area contributed by atoms with Gasteiger partial charge in [0.05, 0.1) is 46.1 Å². The fourth-order valence-electron chi connectivity index (χ4n) is 5.71. The van der Waals surface area contributed by atoms with Gasteiger partial charge >= 0.3 is 6.09 Å². The summed E-state index contributed by atoms with van der Waals surface area (Å²) in [5, 5.41) is 89.0. The highest BCUT2D eigenvalue weighted by Gasteiger charge is 2.45. The van der Waals surface area contributed by atoms with E-state index in [9.17, 15) is 60.0 Å². The van der Waals surface area contributed by atoms with Crippen LogP contribution in [0, 0.1) is 0 Å². The number of benzene rings is 1. The van der Waals surface area contributed by atoms with Gasteiger partial charge in [0.1, 0.15) is 55.4 Å². The first kappa shape index (κ1) is 47.8. The summed E-state index contributed by atoms with van der Waals surface area (Å²) in [4.78, 5) is 51.6. The van der Waals surface area contributed by atoms with Gasteiger partial charge in [-0.3, -0.25) is 19.3 Å². The number of nitrogens with zero attached hydrogens (tertiary/aromatic N) is 1. The summed E-state index contributed by atoms with van der Waals surface area (Å²) in [6.07, 6.45) is -13.5. The molecule has 4 amide bonds. The van der Waals surface area contributed by atoms with Gasteiger partial charge in [-0.15, -0.1) is 0 Å². The van der Waals surface area contributed by atoms with Crippen molar-refractivity contribution in [2.45, 2.75) is 87.3 Å². The molecule has 0 aromatic heterocycles. The second-order valence-corrected chi connectivity index (χ2v) is 13.4. The molecule has 0 bridgehead atoms. The molecule has 1 aromatic carbocycles. The maximum atomic E-state index is 12.8. The molecule has 2 aliphatic rings. The lowest BCUT2D eigenvalue weighted by Gasteiger charge is -2.39. The van der Waals surface area contributed by atoms with Crippen molar-refractivity contribution in [3.05, 3.63) is 35.9 Å². The highest BCUT2D eigenvalue weighted by molar-refractivity contribution is 5.84. The van der Waals surface area contributed by atoms with E-state index in [1.807, 2.05) is 30.3 Å². The smallest absolute Gasteiger partial charge is 0.407 e. The molecule has 12 N–H and O–H groups in total. The maximum absolute atomic E-state index is 12.8. The van der Waals surface area contributed by atoms with Crippen LogP contribution in [-0.2, 0) is 44.7 Å². The molecule has 10 atom stereocenters. The molecule has 2 heterocycles. The predicted octanol–water partition coefficient (Wildman–Crippen LogP) is -5.63. The van der Waals surface area contributed by atoms with Gasteiger partial charge in [-0.05, 0) is 24.8 Å². The van der Waals surface area contributed by atoms with E-state index in [1.165, 1.54) is 4.90 Å². The molecular weight excluding hydrogens is 762 g/mol. The molecule has 324 valence electrons. The minimum Gasteiger partial charge on any atom is -0.445 e. The number of amides is 4. The summed E-state index contributed by atoms with van der Waals surface area (Å²) in [6, 6.07) is 9.24. The van der Waals surface area contributed by atoms with Crippen LogP contribution in [-0.4, -0.2) is 203 Å². The van der Waals surface area contributed by atoms with Crippen LogP contribution in [0.25, 0.3) is 0 Å². The van der Waals surface area contributed by atoms with Crippen molar-refractivity contribution in [3.8, 4) is 0 Å². The fraction of sp³-hybridized carbons (Fsp3) is 0.714. The molecule has 22 heteroatoms. The first-order chi connectivity index (χ1) is 27.3. The van der Waals surface area contributed by atoms with Crippen molar-refractivity contribution in [3.63, 3.8) is 0 Å². The lowest BCUT2D eigenvalue weighted by atomic mass is 9.99. The zero-order valence-electron chi connectivity index (χ0n) is 31.5. The molecule has 3 rings (SSSR count). The largest absolute Gasteiger partial charge is 0.445 e. The van der Waals surface area contributed by atoms with E-state index in [-0.39, 0.29) is 46.0 Å². The lowest BCUT2D eigenvalue weighted by Crippen LogP contribution is -2.59. The molecule has 57 heavy (non-hydrogen) atoms. The summed E-state index contributed by atoms with van der Waals surface area (Å²) in [7, 11) is 0. The molecular formula is C35H57N5O17. The van der Waals surface area contributed by atoms with Gasteiger partial charge in [-0.1, -0.05) is 30.3 Å². The Labute approximate surface area is 329 Å². The number of nitrogens with one attached hydrogen (secondary N) is 4. The Kier molecular flexibility index (Phi) is 21.5. The van der Waals surface area contributed by atoms with Crippen LogP contribution in [0.1, 0.15) is 24.8 Å². The fourth-order valence-corrected chi connectivity index (χ4v) is 5.71. The molecule has 0 spiro atoms. The lowest BCUT2D eigenvalue weighted by molar-refractivity contribution is -0.300. The average Bonchev–Trinajstić information content (AvgIpc) is 3.19. The maximum Gasteiger partial charge on any atom is 0.407 e. The Morgan fingerprint density at radius 3 is 1.47 bits per heavy atom. The third-order valence-electron chi connectivity index (χ3n) is 8.87. The minimum atomic E-state index is -1.64. The van der Waals surface area contributed by atoms with Crippen molar-refractivity contribution >= 4 is 23.8 Å². The van der Waals surface area contributed by atoms with E-state index in [0.717, 1.165) is 5.56 Å². The number of alkyl carbamates (subject to hydrolysis) is 1. The highest BCUT2D eigenvalue weighted by atomic mass is 16.7. The number of aliphatic hydroxyl groups excluding tert-OH is 8.